The van der Waals surface area contributed by atoms with Crippen molar-refractivity contribution in [3.8, 4) is 0 Å². The van der Waals surface area contributed by atoms with E-state index in [2.05, 4.69) is 13.3 Å². The van der Waals surface area contributed by atoms with Crippen LogP contribution in [0.15, 0.2) is 25.2 Å². The monoisotopic (exact) mass is 188 g/mol. The molecule has 2 nitrogen and oxygen atoms in total. The molecular formula is C6H9BrN2. The van der Waals surface area contributed by atoms with Crippen molar-refractivity contribution in [3.63, 3.8) is 0 Å². The number of halogens is 1. The Morgan fingerprint density at radius 3 is 2.56 bits per heavy atom. The van der Waals surface area contributed by atoms with E-state index in [9.17, 15) is 0 Å². The van der Waals surface area contributed by atoms with E-state index in [-0.39, 0.29) is 17.0 Å². The van der Waals surface area contributed by atoms with Crippen molar-refractivity contribution >= 4 is 6.72 Å². The first-order valence-electron chi connectivity index (χ1n) is 2.46. The van der Waals surface area contributed by atoms with Crippen LogP contribution in [0.3, 0.4) is 0 Å². The Balaban J connectivity index is 0.000000640. The van der Waals surface area contributed by atoms with Gasteiger partial charge in [-0.25, -0.2) is 0 Å². The maximum Gasteiger partial charge on any atom is 0.226 e. The van der Waals surface area contributed by atoms with Crippen LogP contribution in [0.4, 0.5) is 0 Å². The van der Waals surface area contributed by atoms with Gasteiger partial charge in [0.05, 0.1) is 6.20 Å². The molecule has 0 radical (unpaired) electrons. The summed E-state index contributed by atoms with van der Waals surface area (Å²) in [6, 6.07) is 0. The lowest BCUT2D eigenvalue weighted by molar-refractivity contribution is -0.452. The lowest BCUT2D eigenvalue weighted by Gasteiger charge is -1.99. The van der Waals surface area contributed by atoms with Gasteiger partial charge < -0.3 is 17.0 Å². The number of hydrogen-bond donors (Lipinski definition) is 0. The van der Waals surface area contributed by atoms with Crippen LogP contribution in [0.1, 0.15) is 0 Å². The summed E-state index contributed by atoms with van der Waals surface area (Å²) in [5.74, 6) is 0. The molecule has 0 bridgehead atoms. The molecule has 0 saturated carbocycles. The zero-order valence-electron chi connectivity index (χ0n) is 5.13. The summed E-state index contributed by atoms with van der Waals surface area (Å²) < 4.78 is 1.84. The predicted molar refractivity (Wildman–Crippen MR) is 33.4 cm³/mol. The van der Waals surface area contributed by atoms with Crippen LogP contribution in [0, 0.1) is 0 Å². The van der Waals surface area contributed by atoms with Gasteiger partial charge in [-0.15, -0.1) is 0 Å². The minimum absolute atomic E-state index is 0. The molecule has 0 aliphatic carbocycles. The fourth-order valence-electron chi connectivity index (χ4n) is 0.603. The molecule has 0 unspecified atom stereocenters. The van der Waals surface area contributed by atoms with Gasteiger partial charge in [0.1, 0.15) is 6.72 Å². The smallest absolute Gasteiger partial charge is 0.226 e. The second-order valence-electron chi connectivity index (χ2n) is 1.73. The third-order valence-corrected chi connectivity index (χ3v) is 1.05. The normalized spacial score (nSPS) is 15.6. The highest BCUT2D eigenvalue weighted by molar-refractivity contribution is 5.16. The Hall–Kier alpha value is -0.570. The van der Waals surface area contributed by atoms with E-state index in [1.54, 1.807) is 6.20 Å². The number of hydrogen-bond acceptors (Lipinski definition) is 1. The Bertz CT molecular complexity index is 151. The van der Waals surface area contributed by atoms with E-state index < -0.39 is 0 Å². The van der Waals surface area contributed by atoms with Crippen molar-refractivity contribution in [1.29, 1.82) is 0 Å². The van der Waals surface area contributed by atoms with Gasteiger partial charge in [0.15, 0.2) is 6.20 Å². The standard InChI is InChI=1S/C6H9N2.BrH/c1-3-8-5-4-7(2)6-8;/h3-5H,1-2,6H2;1H/q+1;/p-1. The van der Waals surface area contributed by atoms with Crippen molar-refractivity contribution in [1.82, 2.24) is 4.90 Å². The van der Waals surface area contributed by atoms with Gasteiger partial charge in [0.2, 0.25) is 6.67 Å². The van der Waals surface area contributed by atoms with Crippen molar-refractivity contribution in [3.05, 3.63) is 25.2 Å². The second-order valence-corrected chi connectivity index (χ2v) is 1.73. The molecule has 0 saturated heterocycles. The summed E-state index contributed by atoms with van der Waals surface area (Å²) in [6.07, 6.45) is 5.60. The molecule has 0 aromatic rings. The average molecular weight is 189 g/mol. The van der Waals surface area contributed by atoms with E-state index in [1.165, 1.54) is 0 Å². The molecule has 0 aromatic carbocycles. The molecule has 1 aliphatic heterocycles. The molecule has 0 spiro atoms. The van der Waals surface area contributed by atoms with Gasteiger partial charge in [0.25, 0.3) is 0 Å². The Labute approximate surface area is 65.6 Å². The van der Waals surface area contributed by atoms with E-state index in [4.69, 9.17) is 0 Å². The van der Waals surface area contributed by atoms with Gasteiger partial charge in [0, 0.05) is 6.20 Å². The molecule has 0 atom stereocenters. The van der Waals surface area contributed by atoms with E-state index in [1.807, 2.05) is 21.9 Å². The molecule has 1 aliphatic rings. The minimum Gasteiger partial charge on any atom is -1.00 e. The zero-order chi connectivity index (χ0) is 5.98. The van der Waals surface area contributed by atoms with E-state index in [0.717, 1.165) is 6.67 Å². The first kappa shape index (κ1) is 8.43. The van der Waals surface area contributed by atoms with Crippen LogP contribution in [0.5, 0.6) is 0 Å². The molecule has 50 valence electrons. The third-order valence-electron chi connectivity index (χ3n) is 1.05. The van der Waals surface area contributed by atoms with Crippen molar-refractivity contribution in [2.24, 2.45) is 0 Å². The second kappa shape index (κ2) is 3.45. The van der Waals surface area contributed by atoms with Crippen LogP contribution < -0.4 is 17.0 Å². The zero-order valence-corrected chi connectivity index (χ0v) is 6.71. The van der Waals surface area contributed by atoms with Crippen molar-refractivity contribution in [2.45, 2.75) is 0 Å². The van der Waals surface area contributed by atoms with Crippen molar-refractivity contribution in [2.75, 3.05) is 6.67 Å². The largest absolute Gasteiger partial charge is 1.00 e. The Kier molecular flexibility index (Phi) is 3.24. The summed E-state index contributed by atoms with van der Waals surface area (Å²) in [6.45, 7) is 8.11. The Morgan fingerprint density at radius 1 is 1.67 bits per heavy atom. The van der Waals surface area contributed by atoms with Gasteiger partial charge in [-0.2, -0.15) is 4.58 Å². The molecule has 0 aromatic heterocycles. The highest BCUT2D eigenvalue weighted by Crippen LogP contribution is 1.97. The van der Waals surface area contributed by atoms with Crippen LogP contribution in [0.25, 0.3) is 0 Å². The summed E-state index contributed by atoms with van der Waals surface area (Å²) in [5.41, 5.74) is 0. The Morgan fingerprint density at radius 2 is 2.33 bits per heavy atom. The fourth-order valence-corrected chi connectivity index (χ4v) is 0.603. The van der Waals surface area contributed by atoms with Gasteiger partial charge >= 0.3 is 0 Å². The van der Waals surface area contributed by atoms with Crippen LogP contribution in [0.2, 0.25) is 0 Å². The SMILES string of the molecule is C=CN1C=C[N+](=C)C1.[Br-]. The van der Waals surface area contributed by atoms with Gasteiger partial charge in [-0.3, -0.25) is 4.90 Å². The van der Waals surface area contributed by atoms with E-state index in [0.29, 0.717) is 0 Å². The lowest BCUT2D eigenvalue weighted by atomic mass is 10.8. The number of nitrogens with zero attached hydrogens (tertiary/aromatic N) is 2. The van der Waals surface area contributed by atoms with E-state index >= 15 is 0 Å². The summed E-state index contributed by atoms with van der Waals surface area (Å²) in [5, 5.41) is 0. The number of rotatable bonds is 1. The van der Waals surface area contributed by atoms with Crippen LogP contribution >= 0.6 is 0 Å². The highest BCUT2D eigenvalue weighted by atomic mass is 79.9. The molecule has 3 heteroatoms. The average Bonchev–Trinajstić information content (AvgIpc) is 2.14. The quantitative estimate of drug-likeness (QED) is 0.416. The summed E-state index contributed by atoms with van der Waals surface area (Å²) in [4.78, 5) is 1.95. The predicted octanol–water partition coefficient (Wildman–Crippen LogP) is -2.41. The first-order valence-corrected chi connectivity index (χ1v) is 2.46. The summed E-state index contributed by atoms with van der Waals surface area (Å²) >= 11 is 0. The first-order chi connectivity index (χ1) is 3.83. The minimum atomic E-state index is 0. The molecule has 0 amide bonds. The maximum atomic E-state index is 3.69. The van der Waals surface area contributed by atoms with Gasteiger partial charge in [-0.05, 0) is 0 Å². The van der Waals surface area contributed by atoms with Gasteiger partial charge in [-0.1, -0.05) is 6.58 Å². The molecule has 1 rings (SSSR count). The van der Waals surface area contributed by atoms with Crippen LogP contribution in [-0.2, 0) is 0 Å². The lowest BCUT2D eigenvalue weighted by Crippen LogP contribution is -3.00. The topological polar surface area (TPSA) is 6.25 Å². The molecule has 1 heterocycles. The molecule has 0 N–H and O–H groups in total. The van der Waals surface area contributed by atoms with Crippen molar-refractivity contribution < 1.29 is 21.6 Å². The van der Waals surface area contributed by atoms with Crippen LogP contribution in [-0.4, -0.2) is 22.9 Å². The molecular weight excluding hydrogens is 180 g/mol. The molecule has 0 fully saturated rings. The molecule has 9 heavy (non-hydrogen) atoms. The fraction of sp³-hybridized carbons (Fsp3) is 0.167. The third kappa shape index (κ3) is 2.01. The maximum absolute atomic E-state index is 3.69. The summed E-state index contributed by atoms with van der Waals surface area (Å²) in [7, 11) is 0. The highest BCUT2D eigenvalue weighted by Gasteiger charge is 2.07.